The van der Waals surface area contributed by atoms with Crippen LogP contribution in [0.2, 0.25) is 10.0 Å². The van der Waals surface area contributed by atoms with E-state index in [0.29, 0.717) is 16.8 Å². The third-order valence-electron chi connectivity index (χ3n) is 4.30. The average molecular weight is 455 g/mol. The third kappa shape index (κ3) is 5.85. The molecule has 0 heterocycles. The highest BCUT2D eigenvalue weighted by molar-refractivity contribution is 6.37. The summed E-state index contributed by atoms with van der Waals surface area (Å²) in [4.78, 5) is 12.5. The molecule has 0 spiro atoms. The number of hydrogen-bond acceptors (Lipinski definition) is 3. The van der Waals surface area contributed by atoms with E-state index in [0.717, 1.165) is 5.56 Å². The lowest BCUT2D eigenvalue weighted by molar-refractivity contribution is -0.112. The van der Waals surface area contributed by atoms with E-state index in [4.69, 9.17) is 27.9 Å². The standard InChI is InChI=1S/C24H17Cl2FN2O2/c1-15-5-4-7-19(9-15)29-24(30)18(13-28)10-16-11-20(25)23(21(26)12-16)31-14-17-6-2-3-8-22(17)27/h2-12H,14H2,1H3,(H,29,30)/b18-10-. The van der Waals surface area contributed by atoms with Crippen LogP contribution in [0.1, 0.15) is 16.7 Å². The molecule has 3 rings (SSSR count). The Labute approximate surface area is 189 Å². The van der Waals surface area contributed by atoms with Crippen molar-refractivity contribution in [2.45, 2.75) is 13.5 Å². The fourth-order valence-corrected chi connectivity index (χ4v) is 3.42. The van der Waals surface area contributed by atoms with Gasteiger partial charge in [-0.05, 0) is 54.5 Å². The Balaban J connectivity index is 1.78. The maximum Gasteiger partial charge on any atom is 0.266 e. The number of halogens is 3. The predicted molar refractivity (Wildman–Crippen MR) is 121 cm³/mol. The highest BCUT2D eigenvalue weighted by Gasteiger charge is 2.14. The van der Waals surface area contributed by atoms with Crippen LogP contribution >= 0.6 is 23.2 Å². The normalized spacial score (nSPS) is 11.0. The number of anilines is 1. The Bertz CT molecular complexity index is 1180. The van der Waals surface area contributed by atoms with Crippen LogP contribution in [-0.4, -0.2) is 5.91 Å². The second-order valence-corrected chi connectivity index (χ2v) is 7.50. The Morgan fingerprint density at radius 1 is 1.13 bits per heavy atom. The van der Waals surface area contributed by atoms with Gasteiger partial charge in [0.05, 0.1) is 10.0 Å². The van der Waals surface area contributed by atoms with Gasteiger partial charge in [0.15, 0.2) is 5.75 Å². The second-order valence-electron chi connectivity index (χ2n) is 6.69. The van der Waals surface area contributed by atoms with Crippen LogP contribution in [0.4, 0.5) is 10.1 Å². The molecule has 0 aliphatic carbocycles. The van der Waals surface area contributed by atoms with Gasteiger partial charge in [0, 0.05) is 11.3 Å². The number of rotatable bonds is 6. The Hall–Kier alpha value is -3.33. The van der Waals surface area contributed by atoms with Gasteiger partial charge >= 0.3 is 0 Å². The quantitative estimate of drug-likeness (QED) is 0.338. The number of nitriles is 1. The lowest BCUT2D eigenvalue weighted by Gasteiger charge is -2.12. The zero-order chi connectivity index (χ0) is 22.4. The van der Waals surface area contributed by atoms with Crippen molar-refractivity contribution in [2.75, 3.05) is 5.32 Å². The van der Waals surface area contributed by atoms with Crippen molar-refractivity contribution < 1.29 is 13.9 Å². The number of carbonyl (C=O) groups excluding carboxylic acids is 1. The minimum absolute atomic E-state index is 0.0519. The minimum Gasteiger partial charge on any atom is -0.486 e. The smallest absolute Gasteiger partial charge is 0.266 e. The zero-order valence-corrected chi connectivity index (χ0v) is 18.0. The molecule has 0 unspecified atom stereocenters. The molecule has 0 aliphatic rings. The molecule has 0 aromatic heterocycles. The van der Waals surface area contributed by atoms with Crippen molar-refractivity contribution in [1.82, 2.24) is 0 Å². The zero-order valence-electron chi connectivity index (χ0n) is 16.5. The number of amides is 1. The van der Waals surface area contributed by atoms with Gasteiger partial charge in [0.2, 0.25) is 0 Å². The molecule has 0 radical (unpaired) electrons. The fourth-order valence-electron chi connectivity index (χ4n) is 2.80. The fraction of sp³-hybridized carbons (Fsp3) is 0.0833. The van der Waals surface area contributed by atoms with E-state index in [1.807, 2.05) is 19.1 Å². The summed E-state index contributed by atoms with van der Waals surface area (Å²) in [5, 5.41) is 12.4. The molecule has 156 valence electrons. The number of benzene rings is 3. The van der Waals surface area contributed by atoms with Crippen LogP contribution in [0.25, 0.3) is 6.08 Å². The van der Waals surface area contributed by atoms with E-state index in [9.17, 15) is 14.4 Å². The lowest BCUT2D eigenvalue weighted by atomic mass is 10.1. The molecular formula is C24H17Cl2FN2O2. The Morgan fingerprint density at radius 2 is 1.84 bits per heavy atom. The summed E-state index contributed by atoms with van der Waals surface area (Å²) in [6.45, 7) is 1.85. The van der Waals surface area contributed by atoms with Crippen LogP contribution in [0, 0.1) is 24.1 Å². The first kappa shape index (κ1) is 22.4. The topological polar surface area (TPSA) is 62.1 Å². The molecule has 0 saturated heterocycles. The average Bonchev–Trinajstić information content (AvgIpc) is 2.72. The molecule has 1 amide bonds. The first-order valence-electron chi connectivity index (χ1n) is 9.22. The van der Waals surface area contributed by atoms with Crippen LogP contribution in [-0.2, 0) is 11.4 Å². The van der Waals surface area contributed by atoms with Gasteiger partial charge in [0.25, 0.3) is 5.91 Å². The van der Waals surface area contributed by atoms with Gasteiger partial charge in [-0.3, -0.25) is 4.79 Å². The molecule has 3 aromatic rings. The SMILES string of the molecule is Cc1cccc(NC(=O)/C(C#N)=C\c2cc(Cl)c(OCc3ccccc3F)c(Cl)c2)c1. The highest BCUT2D eigenvalue weighted by Crippen LogP contribution is 2.35. The van der Waals surface area contributed by atoms with Crippen LogP contribution in [0.3, 0.4) is 0 Å². The first-order chi connectivity index (χ1) is 14.9. The van der Waals surface area contributed by atoms with Crippen molar-refractivity contribution in [2.24, 2.45) is 0 Å². The molecule has 3 aromatic carbocycles. The van der Waals surface area contributed by atoms with Crippen LogP contribution in [0.5, 0.6) is 5.75 Å². The van der Waals surface area contributed by atoms with E-state index < -0.39 is 11.7 Å². The predicted octanol–water partition coefficient (Wildman–Crippen LogP) is 6.57. The summed E-state index contributed by atoms with van der Waals surface area (Å²) < 4.78 is 19.4. The molecule has 0 atom stereocenters. The van der Waals surface area contributed by atoms with Crippen molar-refractivity contribution in [3.05, 3.63) is 98.8 Å². The maximum absolute atomic E-state index is 13.8. The van der Waals surface area contributed by atoms with Crippen LogP contribution in [0.15, 0.2) is 66.2 Å². The molecule has 0 fully saturated rings. The lowest BCUT2D eigenvalue weighted by Crippen LogP contribution is -2.13. The van der Waals surface area contributed by atoms with Gasteiger partial charge in [0.1, 0.15) is 24.1 Å². The minimum atomic E-state index is -0.555. The molecule has 1 N–H and O–H groups in total. The van der Waals surface area contributed by atoms with Gasteiger partial charge < -0.3 is 10.1 Å². The summed E-state index contributed by atoms with van der Waals surface area (Å²) in [5.41, 5.74) is 2.25. The third-order valence-corrected chi connectivity index (χ3v) is 4.86. The number of ether oxygens (including phenoxy) is 1. The van der Waals surface area contributed by atoms with Crippen molar-refractivity contribution in [1.29, 1.82) is 5.26 Å². The largest absolute Gasteiger partial charge is 0.486 e. The maximum atomic E-state index is 13.8. The molecule has 0 saturated carbocycles. The van der Waals surface area contributed by atoms with E-state index in [-0.39, 0.29) is 28.0 Å². The van der Waals surface area contributed by atoms with Gasteiger partial charge in [-0.2, -0.15) is 5.26 Å². The monoisotopic (exact) mass is 454 g/mol. The molecular weight excluding hydrogens is 438 g/mol. The Morgan fingerprint density at radius 3 is 2.48 bits per heavy atom. The molecule has 0 bridgehead atoms. The number of aryl methyl sites for hydroxylation is 1. The molecule has 4 nitrogen and oxygen atoms in total. The van der Waals surface area contributed by atoms with Gasteiger partial charge in [-0.1, -0.05) is 53.5 Å². The van der Waals surface area contributed by atoms with Gasteiger partial charge in [-0.15, -0.1) is 0 Å². The van der Waals surface area contributed by atoms with E-state index >= 15 is 0 Å². The summed E-state index contributed by atoms with van der Waals surface area (Å²) in [6, 6.07) is 18.4. The summed E-state index contributed by atoms with van der Waals surface area (Å²) >= 11 is 12.6. The van der Waals surface area contributed by atoms with Crippen molar-refractivity contribution in [3.63, 3.8) is 0 Å². The number of carbonyl (C=O) groups is 1. The van der Waals surface area contributed by atoms with Crippen molar-refractivity contribution in [3.8, 4) is 11.8 Å². The Kier molecular flexibility index (Phi) is 7.30. The van der Waals surface area contributed by atoms with Crippen LogP contribution < -0.4 is 10.1 Å². The number of nitrogens with one attached hydrogen (secondary N) is 1. The molecule has 0 aliphatic heterocycles. The van der Waals surface area contributed by atoms with E-state index in [1.165, 1.54) is 24.3 Å². The van der Waals surface area contributed by atoms with Gasteiger partial charge in [-0.25, -0.2) is 4.39 Å². The van der Waals surface area contributed by atoms with Crippen molar-refractivity contribution >= 4 is 40.9 Å². The highest BCUT2D eigenvalue weighted by atomic mass is 35.5. The summed E-state index contributed by atoms with van der Waals surface area (Å²) in [7, 11) is 0. The number of hydrogen-bond donors (Lipinski definition) is 1. The van der Waals surface area contributed by atoms with E-state index in [1.54, 1.807) is 36.4 Å². The molecule has 7 heteroatoms. The number of nitrogens with zero attached hydrogens (tertiary/aromatic N) is 1. The molecule has 31 heavy (non-hydrogen) atoms. The first-order valence-corrected chi connectivity index (χ1v) is 9.98. The second kappa shape index (κ2) is 10.1. The summed E-state index contributed by atoms with van der Waals surface area (Å²) in [5.74, 6) is -0.765. The summed E-state index contributed by atoms with van der Waals surface area (Å²) in [6.07, 6.45) is 1.38. The van der Waals surface area contributed by atoms with E-state index in [2.05, 4.69) is 5.32 Å².